The van der Waals surface area contributed by atoms with Crippen LogP contribution in [0.5, 0.6) is 11.5 Å². The second-order valence-corrected chi connectivity index (χ2v) is 6.04. The fraction of sp³-hybridized carbons (Fsp3) is 0.200. The third kappa shape index (κ3) is 3.64. The van der Waals surface area contributed by atoms with E-state index in [-0.39, 0.29) is 22.8 Å². The van der Waals surface area contributed by atoms with Crippen LogP contribution >= 0.6 is 0 Å². The molecule has 0 unspecified atom stereocenters. The molecule has 1 aromatic heterocycles. The molecule has 0 spiro atoms. The monoisotopic (exact) mass is 378 g/mol. The first-order chi connectivity index (χ1) is 13.5. The minimum absolute atomic E-state index is 0.0433. The van der Waals surface area contributed by atoms with Crippen LogP contribution in [0.3, 0.4) is 0 Å². The van der Waals surface area contributed by atoms with Crippen molar-refractivity contribution in [3.63, 3.8) is 0 Å². The number of H-pyrrole nitrogens is 1. The van der Waals surface area contributed by atoms with E-state index in [2.05, 4.69) is 16.0 Å². The number of nitriles is 1. The molecule has 1 heterocycles. The number of aryl methyl sites for hydroxylation is 1. The van der Waals surface area contributed by atoms with Crippen molar-refractivity contribution in [3.05, 3.63) is 57.4 Å². The number of rotatable bonds is 6. The number of nitrogens with one attached hydrogen (secondary N) is 1. The molecule has 0 amide bonds. The van der Waals surface area contributed by atoms with Crippen LogP contribution in [0.1, 0.15) is 23.9 Å². The topological polar surface area (TPSA) is 114 Å². The van der Waals surface area contributed by atoms with Crippen molar-refractivity contribution < 1.29 is 14.4 Å². The Morgan fingerprint density at radius 2 is 2.18 bits per heavy atom. The molecule has 3 aromatic rings. The van der Waals surface area contributed by atoms with Crippen molar-refractivity contribution in [1.29, 1.82) is 5.26 Å². The Balaban J connectivity index is 2.13. The maximum Gasteiger partial charge on any atom is 0.315 e. The van der Waals surface area contributed by atoms with Crippen LogP contribution in [0.15, 0.2) is 30.3 Å². The first kappa shape index (κ1) is 18.9. The molecule has 0 aliphatic carbocycles. The number of nitro benzene ring substituents is 1. The Hall–Kier alpha value is -3.86. The van der Waals surface area contributed by atoms with Crippen LogP contribution in [0.4, 0.5) is 5.69 Å². The van der Waals surface area contributed by atoms with Gasteiger partial charge in [0.05, 0.1) is 35.2 Å². The number of allylic oxidation sites excluding steroid dienone is 1. The molecule has 2 aromatic carbocycles. The Labute approximate surface area is 161 Å². The number of ether oxygens (including phenoxy) is 2. The van der Waals surface area contributed by atoms with Crippen LogP contribution in [-0.4, -0.2) is 28.6 Å². The SMILES string of the molecule is CCOc1cc(/C=C(/C#N)c2nc3ccc(C)cc3[nH]2)cc([N+](=O)[O-])c1OC. The molecule has 0 fully saturated rings. The van der Waals surface area contributed by atoms with E-state index < -0.39 is 4.92 Å². The molecular formula is C20H18N4O4. The average molecular weight is 378 g/mol. The molecule has 142 valence electrons. The molecule has 0 atom stereocenters. The maximum absolute atomic E-state index is 11.4. The van der Waals surface area contributed by atoms with Gasteiger partial charge >= 0.3 is 5.69 Å². The van der Waals surface area contributed by atoms with Gasteiger partial charge in [-0.2, -0.15) is 5.26 Å². The van der Waals surface area contributed by atoms with Crippen LogP contribution in [0, 0.1) is 28.4 Å². The van der Waals surface area contributed by atoms with Gasteiger partial charge in [0.25, 0.3) is 0 Å². The second kappa shape index (κ2) is 7.80. The lowest BCUT2D eigenvalue weighted by atomic mass is 10.1. The summed E-state index contributed by atoms with van der Waals surface area (Å²) in [5.41, 5.74) is 3.05. The van der Waals surface area contributed by atoms with Crippen LogP contribution in [-0.2, 0) is 0 Å². The summed E-state index contributed by atoms with van der Waals surface area (Å²) in [5, 5.41) is 21.0. The van der Waals surface area contributed by atoms with Gasteiger partial charge in [0, 0.05) is 6.07 Å². The van der Waals surface area contributed by atoms with E-state index in [4.69, 9.17) is 9.47 Å². The molecule has 8 heteroatoms. The highest BCUT2D eigenvalue weighted by atomic mass is 16.6. The Morgan fingerprint density at radius 3 is 2.82 bits per heavy atom. The highest BCUT2D eigenvalue weighted by Gasteiger charge is 2.22. The zero-order chi connectivity index (χ0) is 20.3. The van der Waals surface area contributed by atoms with E-state index in [0.717, 1.165) is 16.6 Å². The van der Waals surface area contributed by atoms with Crippen molar-refractivity contribution in [3.8, 4) is 17.6 Å². The summed E-state index contributed by atoms with van der Waals surface area (Å²) >= 11 is 0. The lowest BCUT2D eigenvalue weighted by molar-refractivity contribution is -0.385. The standard InChI is InChI=1S/C20H18N4O4/c1-4-28-18-10-13(9-17(24(25)26)19(18)27-3)8-14(11-21)20-22-15-6-5-12(2)7-16(15)23-20/h5-10H,4H2,1-3H3,(H,22,23)/b14-8-. The molecule has 0 saturated carbocycles. The summed E-state index contributed by atoms with van der Waals surface area (Å²) in [7, 11) is 1.34. The number of aromatic amines is 1. The number of benzene rings is 2. The van der Waals surface area contributed by atoms with E-state index in [0.29, 0.717) is 18.0 Å². The number of aromatic nitrogens is 2. The molecule has 1 N–H and O–H groups in total. The van der Waals surface area contributed by atoms with E-state index >= 15 is 0 Å². The maximum atomic E-state index is 11.4. The van der Waals surface area contributed by atoms with Crippen molar-refractivity contribution in [1.82, 2.24) is 9.97 Å². The summed E-state index contributed by atoms with van der Waals surface area (Å²) < 4.78 is 10.6. The number of fused-ring (bicyclic) bond motifs is 1. The van der Waals surface area contributed by atoms with Crippen LogP contribution < -0.4 is 9.47 Å². The number of nitrogens with zero attached hydrogens (tertiary/aromatic N) is 3. The number of imidazole rings is 1. The lowest BCUT2D eigenvalue weighted by Gasteiger charge is -2.10. The van der Waals surface area contributed by atoms with Crippen molar-refractivity contribution in [2.75, 3.05) is 13.7 Å². The summed E-state index contributed by atoms with van der Waals surface area (Å²) in [6.45, 7) is 4.05. The van der Waals surface area contributed by atoms with Gasteiger partial charge in [-0.05, 0) is 49.2 Å². The zero-order valence-corrected chi connectivity index (χ0v) is 15.6. The summed E-state index contributed by atoms with van der Waals surface area (Å²) in [6, 6.07) is 10.8. The van der Waals surface area contributed by atoms with Gasteiger partial charge in [-0.15, -0.1) is 0 Å². The third-order valence-corrected chi connectivity index (χ3v) is 4.08. The predicted octanol–water partition coefficient (Wildman–Crippen LogP) is 4.25. The number of methoxy groups -OCH3 is 1. The van der Waals surface area contributed by atoms with Gasteiger partial charge in [0.15, 0.2) is 5.75 Å². The van der Waals surface area contributed by atoms with E-state index in [9.17, 15) is 15.4 Å². The first-order valence-corrected chi connectivity index (χ1v) is 8.54. The number of hydrogen-bond donors (Lipinski definition) is 1. The highest BCUT2D eigenvalue weighted by molar-refractivity contribution is 5.91. The lowest BCUT2D eigenvalue weighted by Crippen LogP contribution is -2.00. The fourth-order valence-corrected chi connectivity index (χ4v) is 2.87. The molecule has 0 radical (unpaired) electrons. The number of hydrogen-bond acceptors (Lipinski definition) is 6. The quantitative estimate of drug-likeness (QED) is 0.389. The molecule has 0 bridgehead atoms. The van der Waals surface area contributed by atoms with Gasteiger partial charge < -0.3 is 14.5 Å². The fourth-order valence-electron chi connectivity index (χ4n) is 2.87. The molecule has 0 saturated heterocycles. The molecule has 0 aliphatic rings. The van der Waals surface area contributed by atoms with E-state index in [1.165, 1.54) is 19.3 Å². The van der Waals surface area contributed by atoms with Gasteiger partial charge in [0.2, 0.25) is 5.75 Å². The predicted molar refractivity (Wildman–Crippen MR) is 105 cm³/mol. The molecule has 8 nitrogen and oxygen atoms in total. The van der Waals surface area contributed by atoms with Gasteiger partial charge in [-0.3, -0.25) is 10.1 Å². The summed E-state index contributed by atoms with van der Waals surface area (Å²) in [6.07, 6.45) is 1.53. The Bertz CT molecular complexity index is 1130. The van der Waals surface area contributed by atoms with Gasteiger partial charge in [-0.1, -0.05) is 6.07 Å². The Morgan fingerprint density at radius 1 is 1.39 bits per heavy atom. The van der Waals surface area contributed by atoms with Crippen molar-refractivity contribution in [2.45, 2.75) is 13.8 Å². The smallest absolute Gasteiger partial charge is 0.315 e. The number of nitro groups is 1. The summed E-state index contributed by atoms with van der Waals surface area (Å²) in [4.78, 5) is 18.4. The molecule has 0 aliphatic heterocycles. The van der Waals surface area contributed by atoms with Crippen LogP contribution in [0.25, 0.3) is 22.7 Å². The summed E-state index contributed by atoms with van der Waals surface area (Å²) in [5.74, 6) is 0.671. The van der Waals surface area contributed by atoms with Crippen LogP contribution in [0.2, 0.25) is 0 Å². The highest BCUT2D eigenvalue weighted by Crippen LogP contribution is 2.39. The molecule has 28 heavy (non-hydrogen) atoms. The minimum atomic E-state index is -0.547. The largest absolute Gasteiger partial charge is 0.490 e. The molecular weight excluding hydrogens is 360 g/mol. The second-order valence-electron chi connectivity index (χ2n) is 6.04. The van der Waals surface area contributed by atoms with Gasteiger partial charge in [-0.25, -0.2) is 4.98 Å². The third-order valence-electron chi connectivity index (χ3n) is 4.08. The van der Waals surface area contributed by atoms with Crippen molar-refractivity contribution >= 4 is 28.4 Å². The van der Waals surface area contributed by atoms with Gasteiger partial charge in [0.1, 0.15) is 11.9 Å². The van der Waals surface area contributed by atoms with Crippen molar-refractivity contribution in [2.24, 2.45) is 0 Å². The molecule has 3 rings (SSSR count). The van der Waals surface area contributed by atoms with E-state index in [1.54, 1.807) is 13.0 Å². The average Bonchev–Trinajstić information content (AvgIpc) is 3.08. The Kier molecular flexibility index (Phi) is 5.27. The zero-order valence-electron chi connectivity index (χ0n) is 15.6. The first-order valence-electron chi connectivity index (χ1n) is 8.54. The minimum Gasteiger partial charge on any atom is -0.490 e. The normalized spacial score (nSPS) is 11.3. The van der Waals surface area contributed by atoms with E-state index in [1.807, 2.05) is 25.1 Å².